The molecule has 1 rings (SSSR count). The highest BCUT2D eigenvalue weighted by Gasteiger charge is 1.91. The van der Waals surface area contributed by atoms with Gasteiger partial charge >= 0.3 is 0 Å². The standard InChI is InChI=1S/C5H9N3O/c1-9-3-2-5-6-4-7-8-5/h4H,2-3H2,1H3,(H,6,7,8). The van der Waals surface area contributed by atoms with Crippen LogP contribution in [0.5, 0.6) is 0 Å². The summed E-state index contributed by atoms with van der Waals surface area (Å²) < 4.78 is 4.83. The van der Waals surface area contributed by atoms with E-state index in [0.717, 1.165) is 12.2 Å². The van der Waals surface area contributed by atoms with Gasteiger partial charge in [-0.1, -0.05) is 0 Å². The molecule has 0 spiro atoms. The van der Waals surface area contributed by atoms with Crippen LogP contribution in [0.4, 0.5) is 0 Å². The van der Waals surface area contributed by atoms with Crippen molar-refractivity contribution >= 4 is 0 Å². The molecule has 0 saturated carbocycles. The summed E-state index contributed by atoms with van der Waals surface area (Å²) in [5.74, 6) is 0.872. The summed E-state index contributed by atoms with van der Waals surface area (Å²) in [5.41, 5.74) is 0. The Bertz CT molecular complexity index is 149. The molecule has 0 bridgehead atoms. The molecule has 0 amide bonds. The van der Waals surface area contributed by atoms with Gasteiger partial charge in [-0.15, -0.1) is 0 Å². The van der Waals surface area contributed by atoms with E-state index < -0.39 is 0 Å². The molecule has 1 aromatic heterocycles. The SMILES string of the molecule is COCCc1ncn[nH]1. The molecule has 9 heavy (non-hydrogen) atoms. The third-order valence-electron chi connectivity index (χ3n) is 1.01. The first kappa shape index (κ1) is 6.22. The van der Waals surface area contributed by atoms with Crippen LogP contribution in [-0.4, -0.2) is 28.9 Å². The zero-order chi connectivity index (χ0) is 6.53. The highest BCUT2D eigenvalue weighted by Crippen LogP contribution is 1.85. The van der Waals surface area contributed by atoms with Crippen molar-refractivity contribution in [3.05, 3.63) is 12.2 Å². The van der Waals surface area contributed by atoms with Crippen LogP contribution in [0, 0.1) is 0 Å². The first-order valence-electron chi connectivity index (χ1n) is 2.76. The van der Waals surface area contributed by atoms with E-state index in [4.69, 9.17) is 4.74 Å². The molecule has 0 aromatic carbocycles. The Kier molecular flexibility index (Phi) is 2.21. The Hall–Kier alpha value is -0.900. The first-order valence-corrected chi connectivity index (χ1v) is 2.76. The molecule has 4 nitrogen and oxygen atoms in total. The van der Waals surface area contributed by atoms with Crippen molar-refractivity contribution < 1.29 is 4.74 Å². The maximum Gasteiger partial charge on any atom is 0.137 e. The molecule has 0 fully saturated rings. The highest BCUT2D eigenvalue weighted by molar-refractivity contribution is 4.78. The molecule has 0 atom stereocenters. The van der Waals surface area contributed by atoms with E-state index in [-0.39, 0.29) is 0 Å². The average Bonchev–Trinajstić information content (AvgIpc) is 2.34. The summed E-state index contributed by atoms with van der Waals surface area (Å²) in [4.78, 5) is 3.91. The lowest BCUT2D eigenvalue weighted by Crippen LogP contribution is -1.95. The largest absolute Gasteiger partial charge is 0.384 e. The Morgan fingerprint density at radius 3 is 3.22 bits per heavy atom. The summed E-state index contributed by atoms with van der Waals surface area (Å²) in [7, 11) is 1.66. The second-order valence-electron chi connectivity index (χ2n) is 1.67. The van der Waals surface area contributed by atoms with E-state index >= 15 is 0 Å². The minimum Gasteiger partial charge on any atom is -0.384 e. The molecule has 1 N–H and O–H groups in total. The van der Waals surface area contributed by atoms with Crippen LogP contribution in [0.2, 0.25) is 0 Å². The number of hydrogen-bond donors (Lipinski definition) is 1. The highest BCUT2D eigenvalue weighted by atomic mass is 16.5. The number of hydrogen-bond acceptors (Lipinski definition) is 3. The summed E-state index contributed by atoms with van der Waals surface area (Å²) in [6, 6.07) is 0. The van der Waals surface area contributed by atoms with E-state index in [1.165, 1.54) is 6.33 Å². The van der Waals surface area contributed by atoms with Crippen LogP contribution in [0.1, 0.15) is 5.82 Å². The molecule has 0 aliphatic rings. The zero-order valence-electron chi connectivity index (χ0n) is 5.29. The van der Waals surface area contributed by atoms with E-state index in [2.05, 4.69) is 15.2 Å². The molecular formula is C5H9N3O. The molecule has 1 aromatic rings. The van der Waals surface area contributed by atoms with Crippen LogP contribution in [0.25, 0.3) is 0 Å². The lowest BCUT2D eigenvalue weighted by atomic mass is 10.4. The number of ether oxygens (including phenoxy) is 1. The van der Waals surface area contributed by atoms with Crippen molar-refractivity contribution in [1.82, 2.24) is 15.2 Å². The van der Waals surface area contributed by atoms with Gasteiger partial charge in [-0.05, 0) is 0 Å². The van der Waals surface area contributed by atoms with Crippen LogP contribution in [0.15, 0.2) is 6.33 Å². The van der Waals surface area contributed by atoms with Gasteiger partial charge in [0.25, 0.3) is 0 Å². The van der Waals surface area contributed by atoms with Crippen LogP contribution >= 0.6 is 0 Å². The van der Waals surface area contributed by atoms with Crippen LogP contribution < -0.4 is 0 Å². The van der Waals surface area contributed by atoms with Gasteiger partial charge in [-0.25, -0.2) is 4.98 Å². The number of aromatic amines is 1. The van der Waals surface area contributed by atoms with Gasteiger partial charge in [0.05, 0.1) is 6.61 Å². The number of nitrogens with zero attached hydrogens (tertiary/aromatic N) is 2. The predicted octanol–water partition coefficient (Wildman–Crippen LogP) is -0.00640. The van der Waals surface area contributed by atoms with Crippen molar-refractivity contribution in [3.8, 4) is 0 Å². The van der Waals surface area contributed by atoms with Gasteiger partial charge in [0.15, 0.2) is 0 Å². The summed E-state index contributed by atoms with van der Waals surface area (Å²) in [6.45, 7) is 0.690. The Morgan fingerprint density at radius 1 is 1.78 bits per heavy atom. The van der Waals surface area contributed by atoms with Gasteiger partial charge in [-0.2, -0.15) is 5.10 Å². The maximum atomic E-state index is 4.83. The number of nitrogens with one attached hydrogen (secondary N) is 1. The van der Waals surface area contributed by atoms with E-state index in [9.17, 15) is 0 Å². The number of aromatic nitrogens is 3. The molecule has 0 radical (unpaired) electrons. The van der Waals surface area contributed by atoms with Gasteiger partial charge < -0.3 is 4.74 Å². The van der Waals surface area contributed by atoms with Crippen LogP contribution in [0.3, 0.4) is 0 Å². The van der Waals surface area contributed by atoms with Crippen molar-refractivity contribution in [1.29, 1.82) is 0 Å². The molecule has 0 unspecified atom stereocenters. The molecule has 0 aliphatic carbocycles. The summed E-state index contributed by atoms with van der Waals surface area (Å²) in [6.07, 6.45) is 2.29. The van der Waals surface area contributed by atoms with Gasteiger partial charge in [-0.3, -0.25) is 5.10 Å². The Labute approximate surface area is 53.3 Å². The Balaban J connectivity index is 2.30. The minimum absolute atomic E-state index is 0.690. The maximum absolute atomic E-state index is 4.83. The number of methoxy groups -OCH3 is 1. The third-order valence-corrected chi connectivity index (χ3v) is 1.01. The summed E-state index contributed by atoms with van der Waals surface area (Å²) in [5, 5.41) is 6.41. The lowest BCUT2D eigenvalue weighted by molar-refractivity contribution is 0.200. The molecular weight excluding hydrogens is 118 g/mol. The third kappa shape index (κ3) is 1.81. The number of rotatable bonds is 3. The van der Waals surface area contributed by atoms with E-state index in [0.29, 0.717) is 6.61 Å². The fourth-order valence-electron chi connectivity index (χ4n) is 0.550. The quantitative estimate of drug-likeness (QED) is 0.621. The molecule has 0 aliphatic heterocycles. The molecule has 4 heteroatoms. The minimum atomic E-state index is 0.690. The molecule has 50 valence electrons. The van der Waals surface area contributed by atoms with Crippen molar-refractivity contribution in [3.63, 3.8) is 0 Å². The lowest BCUT2D eigenvalue weighted by Gasteiger charge is -1.91. The van der Waals surface area contributed by atoms with Gasteiger partial charge in [0.2, 0.25) is 0 Å². The zero-order valence-corrected chi connectivity index (χ0v) is 5.29. The van der Waals surface area contributed by atoms with E-state index in [1.54, 1.807) is 7.11 Å². The van der Waals surface area contributed by atoms with Crippen LogP contribution in [-0.2, 0) is 11.2 Å². The van der Waals surface area contributed by atoms with Crippen molar-refractivity contribution in [2.75, 3.05) is 13.7 Å². The van der Waals surface area contributed by atoms with Gasteiger partial charge in [0, 0.05) is 13.5 Å². The van der Waals surface area contributed by atoms with Gasteiger partial charge in [0.1, 0.15) is 12.2 Å². The normalized spacial score (nSPS) is 9.89. The monoisotopic (exact) mass is 127 g/mol. The second kappa shape index (κ2) is 3.19. The fourth-order valence-corrected chi connectivity index (χ4v) is 0.550. The Morgan fingerprint density at radius 2 is 2.67 bits per heavy atom. The fraction of sp³-hybridized carbons (Fsp3) is 0.600. The smallest absolute Gasteiger partial charge is 0.137 e. The summed E-state index contributed by atoms with van der Waals surface area (Å²) >= 11 is 0. The predicted molar refractivity (Wildman–Crippen MR) is 32.0 cm³/mol. The average molecular weight is 127 g/mol. The van der Waals surface area contributed by atoms with Crippen molar-refractivity contribution in [2.24, 2.45) is 0 Å². The topological polar surface area (TPSA) is 50.8 Å². The second-order valence-corrected chi connectivity index (χ2v) is 1.67. The molecule has 0 saturated heterocycles. The van der Waals surface area contributed by atoms with E-state index in [1.807, 2.05) is 0 Å². The molecule has 1 heterocycles. The first-order chi connectivity index (χ1) is 4.43. The number of H-pyrrole nitrogens is 1. The van der Waals surface area contributed by atoms with Crippen molar-refractivity contribution in [2.45, 2.75) is 6.42 Å².